The molecule has 1 aromatic rings. The summed E-state index contributed by atoms with van der Waals surface area (Å²) in [7, 11) is 0. The van der Waals surface area contributed by atoms with Crippen molar-refractivity contribution in [3.63, 3.8) is 0 Å². The third-order valence-corrected chi connectivity index (χ3v) is 3.59. The normalized spacial score (nSPS) is 18.4. The predicted octanol–water partition coefficient (Wildman–Crippen LogP) is 3.20. The van der Waals surface area contributed by atoms with E-state index in [0.29, 0.717) is 21.4 Å². The van der Waals surface area contributed by atoms with Crippen LogP contribution < -0.4 is 5.01 Å². The lowest BCUT2D eigenvalue weighted by molar-refractivity contribution is -0.137. The molecule has 1 N–H and O–H groups in total. The van der Waals surface area contributed by atoms with Gasteiger partial charge >= 0.3 is 5.97 Å². The quantitative estimate of drug-likeness (QED) is 0.927. The summed E-state index contributed by atoms with van der Waals surface area (Å²) < 4.78 is 0. The first-order valence-electron chi connectivity index (χ1n) is 5.96. The Kier molecular flexibility index (Phi) is 4.30. The van der Waals surface area contributed by atoms with Gasteiger partial charge in [0.05, 0.1) is 16.6 Å². The molecule has 0 bridgehead atoms. The van der Waals surface area contributed by atoms with Crippen LogP contribution in [0.25, 0.3) is 0 Å². The van der Waals surface area contributed by atoms with Crippen LogP contribution in [0.15, 0.2) is 23.3 Å². The molecule has 1 heterocycles. The van der Waals surface area contributed by atoms with Gasteiger partial charge in [-0.05, 0) is 31.5 Å². The highest BCUT2D eigenvalue weighted by Gasteiger charge is 2.35. The third-order valence-electron chi connectivity index (χ3n) is 3.05. The Morgan fingerprint density at radius 1 is 1.45 bits per heavy atom. The Hall–Kier alpha value is -1.59. The number of benzene rings is 1. The molecule has 5 nitrogen and oxygen atoms in total. The molecule has 0 saturated heterocycles. The van der Waals surface area contributed by atoms with Gasteiger partial charge in [-0.2, -0.15) is 10.1 Å². The number of anilines is 1. The molecule has 0 saturated carbocycles. The Morgan fingerprint density at radius 2 is 2.15 bits per heavy atom. The SMILES string of the molecule is CC1=NN(c2ccc(Cl)cc2Cl)C(=O)C1CCC(=O)O. The topological polar surface area (TPSA) is 70.0 Å². The van der Waals surface area contributed by atoms with Crippen LogP contribution in [0.1, 0.15) is 19.8 Å². The number of rotatable bonds is 4. The van der Waals surface area contributed by atoms with E-state index in [2.05, 4.69) is 5.10 Å². The molecular weight excluding hydrogens is 303 g/mol. The van der Waals surface area contributed by atoms with Crippen molar-refractivity contribution in [1.82, 2.24) is 0 Å². The van der Waals surface area contributed by atoms with Crippen LogP contribution in [0.5, 0.6) is 0 Å². The minimum absolute atomic E-state index is 0.0779. The maximum absolute atomic E-state index is 12.3. The second-order valence-electron chi connectivity index (χ2n) is 4.47. The van der Waals surface area contributed by atoms with Crippen LogP contribution in [-0.4, -0.2) is 22.7 Å². The predicted molar refractivity (Wildman–Crippen MR) is 77.4 cm³/mol. The molecule has 0 spiro atoms. The Morgan fingerprint density at radius 3 is 2.75 bits per heavy atom. The summed E-state index contributed by atoms with van der Waals surface area (Å²) in [6.07, 6.45) is 0.149. The number of halogens is 2. The summed E-state index contributed by atoms with van der Waals surface area (Å²) in [5.74, 6) is -1.72. The summed E-state index contributed by atoms with van der Waals surface area (Å²) in [5.41, 5.74) is 1.03. The maximum atomic E-state index is 12.3. The second-order valence-corrected chi connectivity index (χ2v) is 5.32. The number of carboxylic acid groups (broad SMARTS) is 1. The third kappa shape index (κ3) is 2.94. The molecule has 20 heavy (non-hydrogen) atoms. The van der Waals surface area contributed by atoms with E-state index in [1.54, 1.807) is 19.1 Å². The number of carbonyl (C=O) groups excluding carboxylic acids is 1. The Labute approximate surface area is 125 Å². The van der Waals surface area contributed by atoms with Gasteiger partial charge in [-0.1, -0.05) is 23.2 Å². The Balaban J connectivity index is 2.23. The molecule has 106 valence electrons. The Bertz CT molecular complexity index is 601. The van der Waals surface area contributed by atoms with Crippen LogP contribution in [-0.2, 0) is 9.59 Å². The van der Waals surface area contributed by atoms with Gasteiger partial charge in [0.2, 0.25) is 0 Å². The van der Waals surface area contributed by atoms with Gasteiger partial charge in [0.25, 0.3) is 5.91 Å². The summed E-state index contributed by atoms with van der Waals surface area (Å²) >= 11 is 11.9. The van der Waals surface area contributed by atoms with Crippen LogP contribution in [0.2, 0.25) is 10.0 Å². The first-order valence-corrected chi connectivity index (χ1v) is 6.71. The van der Waals surface area contributed by atoms with E-state index in [9.17, 15) is 9.59 Å². The first kappa shape index (κ1) is 14.8. The number of aliphatic carboxylic acids is 1. The lowest BCUT2D eigenvalue weighted by Gasteiger charge is -2.15. The van der Waals surface area contributed by atoms with Crippen LogP contribution >= 0.6 is 23.2 Å². The smallest absolute Gasteiger partial charge is 0.303 e. The highest BCUT2D eigenvalue weighted by molar-refractivity contribution is 6.37. The highest BCUT2D eigenvalue weighted by Crippen LogP contribution is 2.33. The summed E-state index contributed by atoms with van der Waals surface area (Å²) in [4.78, 5) is 22.9. The van der Waals surface area contributed by atoms with Crippen molar-refractivity contribution < 1.29 is 14.7 Å². The lowest BCUT2D eigenvalue weighted by Crippen LogP contribution is -2.27. The number of nitrogens with zero attached hydrogens (tertiary/aromatic N) is 2. The standard InChI is InChI=1S/C13H12Cl2N2O3/c1-7-9(3-5-12(18)19)13(20)17(16-7)11-4-2-8(14)6-10(11)15/h2,4,6,9H,3,5H2,1H3,(H,18,19). The van der Waals surface area contributed by atoms with E-state index in [0.717, 1.165) is 0 Å². The van der Waals surface area contributed by atoms with Gasteiger partial charge in [-0.25, -0.2) is 0 Å². The van der Waals surface area contributed by atoms with E-state index in [1.807, 2.05) is 0 Å². The number of amides is 1. The molecule has 1 atom stereocenters. The molecule has 7 heteroatoms. The van der Waals surface area contributed by atoms with Gasteiger partial charge in [-0.15, -0.1) is 0 Å². The molecule has 1 amide bonds. The van der Waals surface area contributed by atoms with E-state index < -0.39 is 11.9 Å². The van der Waals surface area contributed by atoms with Crippen molar-refractivity contribution in [2.75, 3.05) is 5.01 Å². The molecule has 1 aliphatic rings. The zero-order chi connectivity index (χ0) is 14.9. The molecule has 1 unspecified atom stereocenters. The molecule has 0 radical (unpaired) electrons. The minimum Gasteiger partial charge on any atom is -0.481 e. The van der Waals surface area contributed by atoms with Crippen LogP contribution in [0, 0.1) is 5.92 Å². The number of carbonyl (C=O) groups is 2. The van der Waals surface area contributed by atoms with Gasteiger partial charge in [0.15, 0.2) is 0 Å². The van der Waals surface area contributed by atoms with Crippen molar-refractivity contribution >= 4 is 46.5 Å². The molecular formula is C13H12Cl2N2O3. The fraction of sp³-hybridized carbons (Fsp3) is 0.308. The molecule has 0 fully saturated rings. The number of carboxylic acids is 1. The van der Waals surface area contributed by atoms with Gasteiger partial charge < -0.3 is 5.11 Å². The van der Waals surface area contributed by atoms with E-state index in [4.69, 9.17) is 28.3 Å². The van der Waals surface area contributed by atoms with Crippen molar-refractivity contribution in [1.29, 1.82) is 0 Å². The second kappa shape index (κ2) is 5.81. The van der Waals surface area contributed by atoms with Crippen molar-refractivity contribution in [2.45, 2.75) is 19.8 Å². The molecule has 1 aromatic carbocycles. The van der Waals surface area contributed by atoms with E-state index >= 15 is 0 Å². The fourth-order valence-corrected chi connectivity index (χ4v) is 2.52. The molecule has 0 aliphatic carbocycles. The van der Waals surface area contributed by atoms with Crippen molar-refractivity contribution in [2.24, 2.45) is 11.0 Å². The molecule has 1 aliphatic heterocycles. The largest absolute Gasteiger partial charge is 0.481 e. The first-order chi connectivity index (χ1) is 9.40. The zero-order valence-electron chi connectivity index (χ0n) is 10.6. The maximum Gasteiger partial charge on any atom is 0.303 e. The lowest BCUT2D eigenvalue weighted by atomic mass is 9.98. The summed E-state index contributed by atoms with van der Waals surface area (Å²) in [6.45, 7) is 1.70. The number of hydrogen-bond acceptors (Lipinski definition) is 3. The zero-order valence-corrected chi connectivity index (χ0v) is 12.1. The van der Waals surface area contributed by atoms with E-state index in [-0.39, 0.29) is 18.7 Å². The summed E-state index contributed by atoms with van der Waals surface area (Å²) in [6, 6.07) is 4.76. The van der Waals surface area contributed by atoms with Crippen molar-refractivity contribution in [3.8, 4) is 0 Å². The van der Waals surface area contributed by atoms with Crippen LogP contribution in [0.4, 0.5) is 5.69 Å². The number of hydrazone groups is 1. The fourth-order valence-electron chi connectivity index (χ4n) is 2.03. The average Bonchev–Trinajstić information content (AvgIpc) is 2.62. The molecule has 2 rings (SSSR count). The average molecular weight is 315 g/mol. The van der Waals surface area contributed by atoms with E-state index in [1.165, 1.54) is 11.1 Å². The van der Waals surface area contributed by atoms with Crippen LogP contribution in [0.3, 0.4) is 0 Å². The van der Waals surface area contributed by atoms with Gasteiger partial charge in [0.1, 0.15) is 0 Å². The van der Waals surface area contributed by atoms with Crippen molar-refractivity contribution in [3.05, 3.63) is 28.2 Å². The molecule has 0 aromatic heterocycles. The monoisotopic (exact) mass is 314 g/mol. The highest BCUT2D eigenvalue weighted by atomic mass is 35.5. The number of hydrogen-bond donors (Lipinski definition) is 1. The minimum atomic E-state index is -0.937. The van der Waals surface area contributed by atoms with Gasteiger partial charge in [0, 0.05) is 17.2 Å². The summed E-state index contributed by atoms with van der Waals surface area (Å²) in [5, 5.41) is 14.9. The van der Waals surface area contributed by atoms with Gasteiger partial charge in [-0.3, -0.25) is 9.59 Å².